The summed E-state index contributed by atoms with van der Waals surface area (Å²) in [6, 6.07) is 2.41. The number of piperidine rings is 1. The molecule has 1 N–H and O–H groups in total. The molecular formula is C23H37N3O3S. The molecule has 1 unspecified atom stereocenters. The molecule has 0 aromatic carbocycles. The zero-order valence-corrected chi connectivity index (χ0v) is 19.5. The van der Waals surface area contributed by atoms with E-state index in [1.54, 1.807) is 0 Å². The second kappa shape index (κ2) is 11.3. The normalized spacial score (nSPS) is 20.4. The Morgan fingerprint density at radius 3 is 2.73 bits per heavy atom. The Labute approximate surface area is 185 Å². The van der Waals surface area contributed by atoms with Crippen molar-refractivity contribution < 1.29 is 14.3 Å². The first-order valence-corrected chi connectivity index (χ1v) is 12.3. The van der Waals surface area contributed by atoms with Crippen molar-refractivity contribution in [2.45, 2.75) is 65.0 Å². The van der Waals surface area contributed by atoms with Gasteiger partial charge in [0.2, 0.25) is 11.8 Å². The molecule has 3 rings (SSSR count). The highest BCUT2D eigenvalue weighted by molar-refractivity contribution is 7.10. The number of amides is 2. The molecule has 30 heavy (non-hydrogen) atoms. The molecule has 0 spiro atoms. The number of carbonyl (C=O) groups excluding carboxylic acids is 2. The van der Waals surface area contributed by atoms with E-state index in [0.29, 0.717) is 19.7 Å². The smallest absolute Gasteiger partial charge is 0.237 e. The first-order chi connectivity index (χ1) is 14.5. The topological polar surface area (TPSA) is 61.9 Å². The molecule has 1 saturated heterocycles. The third kappa shape index (κ3) is 6.05. The average molecular weight is 436 g/mol. The van der Waals surface area contributed by atoms with E-state index < -0.39 is 0 Å². The maximum absolute atomic E-state index is 13.0. The van der Waals surface area contributed by atoms with E-state index in [4.69, 9.17) is 4.74 Å². The van der Waals surface area contributed by atoms with Crippen LogP contribution in [0.3, 0.4) is 0 Å². The van der Waals surface area contributed by atoms with Gasteiger partial charge < -0.3 is 15.0 Å². The fourth-order valence-corrected chi connectivity index (χ4v) is 5.45. The lowest BCUT2D eigenvalue weighted by Gasteiger charge is -2.38. The molecule has 7 heteroatoms. The van der Waals surface area contributed by atoms with Gasteiger partial charge in [0.25, 0.3) is 0 Å². The van der Waals surface area contributed by atoms with Crippen LogP contribution in [0.1, 0.15) is 62.9 Å². The van der Waals surface area contributed by atoms with Crippen LogP contribution < -0.4 is 5.32 Å². The molecule has 6 nitrogen and oxygen atoms in total. The Bertz CT molecular complexity index is 698. The minimum atomic E-state index is 0.0640. The lowest BCUT2D eigenvalue weighted by atomic mass is 9.95. The number of carbonyl (C=O) groups is 2. The summed E-state index contributed by atoms with van der Waals surface area (Å²) < 4.78 is 5.51. The number of likely N-dealkylation sites (tertiary alicyclic amines) is 1. The molecule has 1 atom stereocenters. The fourth-order valence-electron chi connectivity index (χ4n) is 4.52. The number of rotatable bonds is 9. The van der Waals surface area contributed by atoms with Crippen molar-refractivity contribution in [2.75, 3.05) is 39.3 Å². The lowest BCUT2D eigenvalue weighted by molar-refractivity contribution is -0.136. The maximum Gasteiger partial charge on any atom is 0.237 e. The molecule has 0 bridgehead atoms. The van der Waals surface area contributed by atoms with Gasteiger partial charge in [-0.25, -0.2) is 0 Å². The molecule has 1 fully saturated rings. The quantitative estimate of drug-likeness (QED) is 0.605. The van der Waals surface area contributed by atoms with Gasteiger partial charge in [0, 0.05) is 30.5 Å². The van der Waals surface area contributed by atoms with E-state index in [1.165, 1.54) is 10.4 Å². The van der Waals surface area contributed by atoms with E-state index in [9.17, 15) is 9.59 Å². The molecular weight excluding hydrogens is 398 g/mol. The van der Waals surface area contributed by atoms with Gasteiger partial charge in [-0.1, -0.05) is 6.92 Å². The number of fused-ring (bicyclic) bond motifs is 1. The largest absolute Gasteiger partial charge is 0.379 e. The summed E-state index contributed by atoms with van der Waals surface area (Å²) in [6.07, 6.45) is 4.66. The van der Waals surface area contributed by atoms with Crippen LogP contribution in [0.25, 0.3) is 0 Å². The van der Waals surface area contributed by atoms with Gasteiger partial charge in [-0.05, 0) is 76.1 Å². The minimum Gasteiger partial charge on any atom is -0.379 e. The fraction of sp³-hybridized carbons (Fsp3) is 0.739. The van der Waals surface area contributed by atoms with E-state index >= 15 is 0 Å². The van der Waals surface area contributed by atoms with Crippen molar-refractivity contribution in [1.82, 2.24) is 15.1 Å². The third-order valence-corrected chi connectivity index (χ3v) is 7.19. The number of hydrogen-bond donors (Lipinski definition) is 1. The molecule has 1 aromatic heterocycles. The van der Waals surface area contributed by atoms with Gasteiger partial charge in [-0.2, -0.15) is 0 Å². The molecule has 2 aliphatic rings. The summed E-state index contributed by atoms with van der Waals surface area (Å²) in [5, 5.41) is 5.19. The Balaban J connectivity index is 1.39. The predicted molar refractivity (Wildman–Crippen MR) is 121 cm³/mol. The minimum absolute atomic E-state index is 0.0640. The third-order valence-electron chi connectivity index (χ3n) is 6.19. The molecule has 0 radical (unpaired) electrons. The van der Waals surface area contributed by atoms with Crippen LogP contribution >= 0.6 is 11.3 Å². The van der Waals surface area contributed by atoms with Crippen LogP contribution in [-0.2, 0) is 20.7 Å². The number of hydrogen-bond acceptors (Lipinski definition) is 5. The van der Waals surface area contributed by atoms with Crippen molar-refractivity contribution in [3.8, 4) is 0 Å². The summed E-state index contributed by atoms with van der Waals surface area (Å²) in [5.41, 5.74) is 1.34. The Morgan fingerprint density at radius 1 is 1.27 bits per heavy atom. The van der Waals surface area contributed by atoms with Gasteiger partial charge in [0.15, 0.2) is 0 Å². The van der Waals surface area contributed by atoms with Gasteiger partial charge in [-0.3, -0.25) is 14.5 Å². The SMILES string of the molecule is CCC1c2ccsc2CCN1C(=O)CN1CCC(C(=O)NCCCOC(C)C)CC1. The van der Waals surface area contributed by atoms with Crippen LogP contribution in [0, 0.1) is 5.92 Å². The summed E-state index contributed by atoms with van der Waals surface area (Å²) in [6.45, 7) is 10.5. The highest BCUT2D eigenvalue weighted by atomic mass is 32.1. The summed E-state index contributed by atoms with van der Waals surface area (Å²) in [4.78, 5) is 31.2. The predicted octanol–water partition coefficient (Wildman–Crippen LogP) is 3.23. The molecule has 1 aromatic rings. The van der Waals surface area contributed by atoms with Gasteiger partial charge in [-0.15, -0.1) is 11.3 Å². The van der Waals surface area contributed by atoms with E-state index in [2.05, 4.69) is 33.5 Å². The number of ether oxygens (including phenoxy) is 1. The zero-order chi connectivity index (χ0) is 21.5. The maximum atomic E-state index is 13.0. The molecule has 0 aliphatic carbocycles. The first-order valence-electron chi connectivity index (χ1n) is 11.5. The molecule has 168 valence electrons. The summed E-state index contributed by atoms with van der Waals surface area (Å²) >= 11 is 1.81. The van der Waals surface area contributed by atoms with Gasteiger partial charge in [0.1, 0.15) is 0 Å². The van der Waals surface area contributed by atoms with Gasteiger partial charge >= 0.3 is 0 Å². The molecule has 2 amide bonds. The molecule has 2 aliphatic heterocycles. The zero-order valence-electron chi connectivity index (χ0n) is 18.7. The Hall–Kier alpha value is -1.44. The standard InChI is InChI=1S/C23H37N3O3S/c1-4-20-19-9-15-30-21(19)8-13-26(20)22(27)16-25-11-6-18(7-12-25)23(28)24-10-5-14-29-17(2)3/h9,15,17-18,20H,4-8,10-14,16H2,1-3H3,(H,24,28). The number of nitrogens with one attached hydrogen (secondary N) is 1. The number of thiophene rings is 1. The Kier molecular flexibility index (Phi) is 8.72. The first kappa shape index (κ1) is 23.2. The summed E-state index contributed by atoms with van der Waals surface area (Å²) in [5.74, 6) is 0.443. The monoisotopic (exact) mass is 435 g/mol. The van der Waals surface area contributed by atoms with Gasteiger partial charge in [0.05, 0.1) is 18.7 Å². The lowest BCUT2D eigenvalue weighted by Crippen LogP contribution is -2.47. The van der Waals surface area contributed by atoms with E-state index in [0.717, 1.165) is 51.7 Å². The van der Waals surface area contributed by atoms with E-state index in [-0.39, 0.29) is 29.9 Å². The van der Waals surface area contributed by atoms with Crippen molar-refractivity contribution in [3.05, 3.63) is 21.9 Å². The number of nitrogens with zero attached hydrogens (tertiary/aromatic N) is 2. The average Bonchev–Trinajstić information content (AvgIpc) is 3.21. The second-order valence-electron chi connectivity index (χ2n) is 8.67. The molecule has 3 heterocycles. The summed E-state index contributed by atoms with van der Waals surface area (Å²) in [7, 11) is 0. The van der Waals surface area contributed by atoms with E-state index in [1.807, 2.05) is 25.2 Å². The highest BCUT2D eigenvalue weighted by Gasteiger charge is 2.32. The van der Waals surface area contributed by atoms with Crippen LogP contribution in [0.5, 0.6) is 0 Å². The van der Waals surface area contributed by atoms with Crippen molar-refractivity contribution in [3.63, 3.8) is 0 Å². The van der Waals surface area contributed by atoms with Crippen molar-refractivity contribution in [2.24, 2.45) is 5.92 Å². The second-order valence-corrected chi connectivity index (χ2v) is 9.68. The Morgan fingerprint density at radius 2 is 2.03 bits per heavy atom. The van der Waals surface area contributed by atoms with Crippen molar-refractivity contribution in [1.29, 1.82) is 0 Å². The van der Waals surface area contributed by atoms with Crippen molar-refractivity contribution >= 4 is 23.2 Å². The molecule has 0 saturated carbocycles. The van der Waals surface area contributed by atoms with Crippen LogP contribution in [0.4, 0.5) is 0 Å². The van der Waals surface area contributed by atoms with Crippen LogP contribution in [-0.4, -0.2) is 67.0 Å². The highest BCUT2D eigenvalue weighted by Crippen LogP contribution is 2.35. The van der Waals surface area contributed by atoms with Crippen LogP contribution in [0.15, 0.2) is 11.4 Å². The van der Waals surface area contributed by atoms with Crippen LogP contribution in [0.2, 0.25) is 0 Å².